The molecule has 40 heavy (non-hydrogen) atoms. The highest BCUT2D eigenvalue weighted by molar-refractivity contribution is 14.1. The number of hydrogen-bond donors (Lipinski definition) is 2. The summed E-state index contributed by atoms with van der Waals surface area (Å²) in [5.74, 6) is -0.993. The van der Waals surface area contributed by atoms with Gasteiger partial charge in [0, 0.05) is 27.9 Å². The van der Waals surface area contributed by atoms with Crippen molar-refractivity contribution < 1.29 is 14.0 Å². The summed E-state index contributed by atoms with van der Waals surface area (Å²) >= 11 is 1.98. The van der Waals surface area contributed by atoms with Crippen LogP contribution < -0.4 is 32.3 Å². The number of benzene rings is 2. The minimum atomic E-state index is -0.637. The number of nitrogens with one attached hydrogen (secondary N) is 2. The Morgan fingerprint density at radius 1 is 1.00 bits per heavy atom. The first-order valence-corrected chi connectivity index (χ1v) is 13.5. The largest absolute Gasteiger partial charge is 0.338 e. The van der Waals surface area contributed by atoms with Gasteiger partial charge < -0.3 is 5.32 Å². The summed E-state index contributed by atoms with van der Waals surface area (Å²) in [4.78, 5) is 66.6. The van der Waals surface area contributed by atoms with Crippen LogP contribution in [-0.4, -0.2) is 32.2 Å². The summed E-state index contributed by atoms with van der Waals surface area (Å²) in [6.45, 7) is 1.34. The van der Waals surface area contributed by atoms with Gasteiger partial charge in [-0.15, -0.1) is 0 Å². The van der Waals surface area contributed by atoms with E-state index in [0.29, 0.717) is 22.1 Å². The molecule has 3 amide bonds. The zero-order valence-electron chi connectivity index (χ0n) is 21.3. The Morgan fingerprint density at radius 3 is 2.38 bits per heavy atom. The van der Waals surface area contributed by atoms with E-state index in [-0.39, 0.29) is 46.2 Å². The number of amides is 3. The van der Waals surface area contributed by atoms with Crippen molar-refractivity contribution in [3.05, 3.63) is 88.6 Å². The summed E-state index contributed by atoms with van der Waals surface area (Å²) in [6, 6.07) is 9.99. The number of carbonyl (C=O) groups excluding carboxylic acids is 2. The van der Waals surface area contributed by atoms with Crippen LogP contribution in [-0.2, 0) is 11.8 Å². The third-order valence-electron chi connectivity index (χ3n) is 7.13. The number of urea groups is 1. The molecule has 204 valence electrons. The van der Waals surface area contributed by atoms with E-state index < -0.39 is 34.6 Å². The number of nitrogens with zero attached hydrogens (tertiary/aromatic N) is 4. The maximum Gasteiger partial charge on any atom is 0.336 e. The Kier molecular flexibility index (Phi) is 6.12. The zero-order valence-corrected chi connectivity index (χ0v) is 23.5. The van der Waals surface area contributed by atoms with Crippen molar-refractivity contribution in [3.63, 3.8) is 0 Å². The van der Waals surface area contributed by atoms with Gasteiger partial charge in [-0.2, -0.15) is 0 Å². The molecule has 2 N–H and O–H groups in total. The molecule has 2 aromatic carbocycles. The van der Waals surface area contributed by atoms with Crippen molar-refractivity contribution in [3.8, 4) is 5.69 Å². The van der Waals surface area contributed by atoms with Crippen molar-refractivity contribution in [1.29, 1.82) is 0 Å². The molecule has 6 rings (SSSR count). The lowest BCUT2D eigenvalue weighted by atomic mass is 10.1. The summed E-state index contributed by atoms with van der Waals surface area (Å²) < 4.78 is 19.2. The van der Waals surface area contributed by atoms with Gasteiger partial charge in [0.25, 0.3) is 11.1 Å². The molecule has 1 saturated carbocycles. The van der Waals surface area contributed by atoms with Crippen molar-refractivity contribution in [1.82, 2.24) is 19.0 Å². The standard InChI is InChI=1S/C27H22FIN6O5/c1-13-22-21(23(32(2)24(13)37)30-19-9-6-14(29)10-18(19)28)25(38)35(15-7-8-15)27(40)34(22)17-5-3-4-16(11-17)33-12-20(36)31-26(33)39/h3-6,9-11,15,30H,7-8,12H2,1-2H3,(H,31,36,39). The Morgan fingerprint density at radius 2 is 1.73 bits per heavy atom. The fraction of sp³-hybridized carbons (Fsp3) is 0.222. The first-order chi connectivity index (χ1) is 19.1. The number of hydrogen-bond acceptors (Lipinski definition) is 6. The molecule has 13 heteroatoms. The molecule has 1 aliphatic carbocycles. The van der Waals surface area contributed by atoms with Crippen LogP contribution >= 0.6 is 22.6 Å². The second-order valence-electron chi connectivity index (χ2n) is 9.79. The Bertz CT molecular complexity index is 1960. The average Bonchev–Trinajstić information content (AvgIpc) is 3.68. The maximum absolute atomic E-state index is 14.9. The number of anilines is 3. The molecule has 1 aliphatic heterocycles. The van der Waals surface area contributed by atoms with E-state index in [1.54, 1.807) is 30.3 Å². The molecule has 0 atom stereocenters. The second kappa shape index (κ2) is 9.43. The summed E-state index contributed by atoms with van der Waals surface area (Å²) in [6.07, 6.45) is 1.27. The summed E-state index contributed by atoms with van der Waals surface area (Å²) in [5.41, 5.74) is -0.804. The number of pyridine rings is 1. The Labute approximate surface area is 239 Å². The zero-order chi connectivity index (χ0) is 28.5. The third kappa shape index (κ3) is 4.11. The molecule has 0 spiro atoms. The number of aromatic nitrogens is 3. The lowest BCUT2D eigenvalue weighted by Crippen LogP contribution is -2.41. The highest BCUT2D eigenvalue weighted by Gasteiger charge is 2.32. The second-order valence-corrected chi connectivity index (χ2v) is 11.0. The normalized spacial score (nSPS) is 15.2. The number of fused-ring (bicyclic) bond motifs is 1. The van der Waals surface area contributed by atoms with Crippen molar-refractivity contribution in [2.75, 3.05) is 16.8 Å². The smallest absolute Gasteiger partial charge is 0.336 e. The van der Waals surface area contributed by atoms with E-state index in [9.17, 15) is 28.4 Å². The number of aryl methyl sites for hydroxylation is 1. The van der Waals surface area contributed by atoms with Crippen molar-refractivity contribution >= 4 is 62.6 Å². The molecule has 2 fully saturated rings. The van der Waals surface area contributed by atoms with E-state index in [4.69, 9.17) is 0 Å². The van der Waals surface area contributed by atoms with E-state index in [2.05, 4.69) is 10.6 Å². The monoisotopic (exact) mass is 656 g/mol. The fourth-order valence-electron chi connectivity index (χ4n) is 5.02. The summed E-state index contributed by atoms with van der Waals surface area (Å²) in [5, 5.41) is 5.19. The average molecular weight is 656 g/mol. The topological polar surface area (TPSA) is 127 Å². The molecule has 0 bridgehead atoms. The number of halogens is 2. The van der Waals surface area contributed by atoms with E-state index in [0.717, 1.165) is 0 Å². The number of imide groups is 1. The first kappa shape index (κ1) is 26.0. The van der Waals surface area contributed by atoms with Crippen LogP contribution in [0, 0.1) is 16.3 Å². The quantitative estimate of drug-likeness (QED) is 0.251. The Hall–Kier alpha value is -4.27. The van der Waals surface area contributed by atoms with Gasteiger partial charge in [0.15, 0.2) is 0 Å². The van der Waals surface area contributed by atoms with Gasteiger partial charge in [-0.05, 0) is 78.8 Å². The van der Waals surface area contributed by atoms with Crippen molar-refractivity contribution in [2.24, 2.45) is 7.05 Å². The van der Waals surface area contributed by atoms with Gasteiger partial charge in [0.2, 0.25) is 5.91 Å². The lowest BCUT2D eigenvalue weighted by Gasteiger charge is -2.21. The van der Waals surface area contributed by atoms with Gasteiger partial charge in [0.05, 0.1) is 16.9 Å². The highest BCUT2D eigenvalue weighted by atomic mass is 127. The van der Waals surface area contributed by atoms with Crippen LogP contribution in [0.1, 0.15) is 24.4 Å². The molecule has 1 saturated heterocycles. The van der Waals surface area contributed by atoms with Crippen LogP contribution in [0.25, 0.3) is 16.6 Å². The third-order valence-corrected chi connectivity index (χ3v) is 7.80. The minimum Gasteiger partial charge on any atom is -0.338 e. The highest BCUT2D eigenvalue weighted by Crippen LogP contribution is 2.34. The predicted molar refractivity (Wildman–Crippen MR) is 155 cm³/mol. The van der Waals surface area contributed by atoms with E-state index >= 15 is 0 Å². The molecule has 0 radical (unpaired) electrons. The minimum absolute atomic E-state index is 0.0412. The van der Waals surface area contributed by atoms with Gasteiger partial charge >= 0.3 is 11.7 Å². The van der Waals surface area contributed by atoms with Crippen LogP contribution in [0.5, 0.6) is 0 Å². The number of rotatable bonds is 5. The first-order valence-electron chi connectivity index (χ1n) is 12.4. The molecule has 0 unspecified atom stereocenters. The maximum atomic E-state index is 14.9. The molecule has 3 heterocycles. The van der Waals surface area contributed by atoms with Gasteiger partial charge in [0.1, 0.15) is 23.6 Å². The lowest BCUT2D eigenvalue weighted by molar-refractivity contribution is -0.117. The van der Waals surface area contributed by atoms with Crippen LogP contribution in [0.15, 0.2) is 56.8 Å². The van der Waals surface area contributed by atoms with E-state index in [1.807, 2.05) is 22.6 Å². The van der Waals surface area contributed by atoms with Gasteiger partial charge in [-0.1, -0.05) is 6.07 Å². The van der Waals surface area contributed by atoms with Crippen LogP contribution in [0.3, 0.4) is 0 Å². The molecule has 2 aliphatic rings. The van der Waals surface area contributed by atoms with Crippen LogP contribution in [0.4, 0.5) is 26.4 Å². The van der Waals surface area contributed by atoms with Gasteiger partial charge in [-0.3, -0.25) is 38.3 Å². The van der Waals surface area contributed by atoms with E-state index in [1.165, 1.54) is 44.7 Å². The van der Waals surface area contributed by atoms with Crippen molar-refractivity contribution in [2.45, 2.75) is 25.8 Å². The van der Waals surface area contributed by atoms with Gasteiger partial charge in [-0.25, -0.2) is 14.0 Å². The number of carbonyl (C=O) groups is 2. The molecular weight excluding hydrogens is 634 g/mol. The van der Waals surface area contributed by atoms with Crippen LogP contribution in [0.2, 0.25) is 0 Å². The SMILES string of the molecule is Cc1c(=O)n(C)c(Nc2ccc(I)cc2F)c2c(=O)n(C3CC3)c(=O)n(-c3cccc(N4CC(=O)NC4=O)c3)c12. The summed E-state index contributed by atoms with van der Waals surface area (Å²) in [7, 11) is 1.47. The molecule has 11 nitrogen and oxygen atoms in total. The predicted octanol–water partition coefficient (Wildman–Crippen LogP) is 3.04. The Balaban J connectivity index is 1.68. The molecule has 4 aromatic rings. The fourth-order valence-corrected chi connectivity index (χ4v) is 5.48. The molecular formula is C27H22FIN6O5. The molecule has 2 aromatic heterocycles.